The number of rotatable bonds is 7. The van der Waals surface area contributed by atoms with Crippen LogP contribution in [0, 0.1) is 10.1 Å². The van der Waals surface area contributed by atoms with Gasteiger partial charge in [0.25, 0.3) is 0 Å². The maximum absolute atomic E-state index is 11.6. The number of ether oxygens (including phenoxy) is 2. The maximum atomic E-state index is 11.6. The molecule has 6 nitrogen and oxygen atoms in total. The maximum Gasteiger partial charge on any atom is 0.306 e. The van der Waals surface area contributed by atoms with Gasteiger partial charge in [-0.2, -0.15) is 0 Å². The molecule has 1 rings (SSSR count). The summed E-state index contributed by atoms with van der Waals surface area (Å²) < 4.78 is 10.7. The van der Waals surface area contributed by atoms with Gasteiger partial charge in [-0.05, 0) is 39.1 Å². The fraction of sp³-hybridized carbons (Fsp3) is 0.643. The van der Waals surface area contributed by atoms with Crippen LogP contribution in [0.3, 0.4) is 0 Å². The first-order valence-corrected chi connectivity index (χ1v) is 7.64. The molecule has 21 heavy (non-hydrogen) atoms. The first-order valence-electron chi connectivity index (χ1n) is 6.76. The van der Waals surface area contributed by atoms with Crippen LogP contribution in [0.25, 0.3) is 0 Å². The Bertz CT molecular complexity index is 492. The molecule has 118 valence electrons. The highest BCUT2D eigenvalue weighted by Gasteiger charge is 2.27. The third kappa shape index (κ3) is 6.12. The summed E-state index contributed by atoms with van der Waals surface area (Å²) in [7, 11) is 0. The van der Waals surface area contributed by atoms with E-state index in [1.54, 1.807) is 13.0 Å². The van der Waals surface area contributed by atoms with Gasteiger partial charge in [-0.15, -0.1) is 11.3 Å². The van der Waals surface area contributed by atoms with Crippen LogP contribution in [-0.4, -0.2) is 29.6 Å². The first kappa shape index (κ1) is 17.4. The fourth-order valence-electron chi connectivity index (χ4n) is 1.84. The summed E-state index contributed by atoms with van der Waals surface area (Å²) in [5, 5.41) is 13.3. The number of hydrogen-bond acceptors (Lipinski definition) is 6. The molecule has 0 radical (unpaired) electrons. The molecule has 0 fully saturated rings. The first-order chi connectivity index (χ1) is 9.73. The van der Waals surface area contributed by atoms with Crippen LogP contribution < -0.4 is 4.74 Å². The molecule has 0 N–H and O–H groups in total. The Morgan fingerprint density at radius 2 is 2.14 bits per heavy atom. The van der Waals surface area contributed by atoms with Gasteiger partial charge in [0.2, 0.25) is 6.54 Å². The second-order valence-electron chi connectivity index (χ2n) is 5.60. The molecule has 1 aromatic heterocycles. The Hall–Kier alpha value is -1.63. The highest BCUT2D eigenvalue weighted by atomic mass is 32.1. The van der Waals surface area contributed by atoms with Crippen LogP contribution in [0.4, 0.5) is 0 Å². The minimum absolute atomic E-state index is 0.0218. The largest absolute Gasteiger partial charge is 0.478 e. The number of hydrogen-bond donors (Lipinski definition) is 0. The van der Waals surface area contributed by atoms with Crippen LogP contribution in [0.1, 0.15) is 45.6 Å². The summed E-state index contributed by atoms with van der Waals surface area (Å²) in [5.41, 5.74) is 0.294. The third-order valence-electron chi connectivity index (χ3n) is 2.58. The van der Waals surface area contributed by atoms with Gasteiger partial charge in [-0.25, -0.2) is 0 Å². The molecule has 0 saturated carbocycles. The molecule has 0 bridgehead atoms. The Morgan fingerprint density at radius 3 is 2.67 bits per heavy atom. The number of carbonyl (C=O) groups excluding carboxylic acids is 1. The number of esters is 1. The van der Waals surface area contributed by atoms with E-state index in [1.165, 1.54) is 11.3 Å². The average molecular weight is 315 g/mol. The highest BCUT2D eigenvalue weighted by Crippen LogP contribution is 2.36. The molecule has 0 spiro atoms. The summed E-state index contributed by atoms with van der Waals surface area (Å²) in [6, 6.07) is 1.78. The van der Waals surface area contributed by atoms with E-state index in [4.69, 9.17) is 9.47 Å². The van der Waals surface area contributed by atoms with E-state index >= 15 is 0 Å². The lowest BCUT2D eigenvalue weighted by Crippen LogP contribution is -2.24. The van der Waals surface area contributed by atoms with Crippen molar-refractivity contribution in [2.24, 2.45) is 0 Å². The Balaban J connectivity index is 2.95. The summed E-state index contributed by atoms with van der Waals surface area (Å²) >= 11 is 1.38. The summed E-state index contributed by atoms with van der Waals surface area (Å²) in [6.45, 7) is 7.37. The zero-order chi connectivity index (χ0) is 16.0. The number of nitro groups is 1. The van der Waals surface area contributed by atoms with Gasteiger partial charge in [0.15, 0.2) is 5.06 Å². The van der Waals surface area contributed by atoms with E-state index in [1.807, 2.05) is 26.2 Å². The fourth-order valence-corrected chi connectivity index (χ4v) is 2.85. The van der Waals surface area contributed by atoms with Crippen molar-refractivity contribution in [3.8, 4) is 5.06 Å². The second-order valence-corrected chi connectivity index (χ2v) is 6.48. The SMILES string of the molecule is CCOC(=O)CC(C[N+](=O)[O-])c1ccsc1OC(C)(C)C. The van der Waals surface area contributed by atoms with Crippen molar-refractivity contribution in [1.29, 1.82) is 0 Å². The van der Waals surface area contributed by atoms with Crippen LogP contribution in [0.5, 0.6) is 5.06 Å². The van der Waals surface area contributed by atoms with Gasteiger partial charge in [0.05, 0.1) is 18.9 Å². The Kier molecular flexibility index (Phi) is 6.14. The van der Waals surface area contributed by atoms with E-state index in [0.29, 0.717) is 10.6 Å². The van der Waals surface area contributed by atoms with Gasteiger partial charge in [0.1, 0.15) is 5.60 Å². The van der Waals surface area contributed by atoms with Crippen LogP contribution in [0.2, 0.25) is 0 Å². The zero-order valence-corrected chi connectivity index (χ0v) is 13.6. The quantitative estimate of drug-likeness (QED) is 0.438. The van der Waals surface area contributed by atoms with Crippen LogP contribution in [-0.2, 0) is 9.53 Å². The van der Waals surface area contributed by atoms with E-state index in [-0.39, 0.29) is 19.6 Å². The smallest absolute Gasteiger partial charge is 0.306 e. The number of carbonyl (C=O) groups is 1. The Labute approximate surface area is 128 Å². The van der Waals surface area contributed by atoms with Crippen molar-refractivity contribution < 1.29 is 19.2 Å². The number of nitrogens with zero attached hydrogens (tertiary/aromatic N) is 1. The van der Waals surface area contributed by atoms with E-state index in [9.17, 15) is 14.9 Å². The monoisotopic (exact) mass is 315 g/mol. The van der Waals surface area contributed by atoms with Gasteiger partial charge in [-0.3, -0.25) is 14.9 Å². The minimum Gasteiger partial charge on any atom is -0.478 e. The number of thiophene rings is 1. The van der Waals surface area contributed by atoms with Crippen molar-refractivity contribution in [1.82, 2.24) is 0 Å². The van der Waals surface area contributed by atoms with Crippen molar-refractivity contribution in [2.75, 3.05) is 13.2 Å². The van der Waals surface area contributed by atoms with Crippen LogP contribution >= 0.6 is 11.3 Å². The lowest BCUT2D eigenvalue weighted by molar-refractivity contribution is -0.483. The van der Waals surface area contributed by atoms with E-state index < -0.39 is 22.4 Å². The van der Waals surface area contributed by atoms with Crippen LogP contribution in [0.15, 0.2) is 11.4 Å². The molecular weight excluding hydrogens is 294 g/mol. The van der Waals surface area contributed by atoms with Crippen molar-refractivity contribution in [3.05, 3.63) is 27.1 Å². The second kappa shape index (κ2) is 7.40. The molecular formula is C14H21NO5S. The average Bonchev–Trinajstić information content (AvgIpc) is 2.73. The molecule has 1 atom stereocenters. The molecule has 1 heterocycles. The summed E-state index contributed by atoms with van der Waals surface area (Å²) in [6.07, 6.45) is -0.0218. The molecule has 0 saturated heterocycles. The lowest BCUT2D eigenvalue weighted by atomic mass is 9.98. The topological polar surface area (TPSA) is 78.7 Å². The van der Waals surface area contributed by atoms with Gasteiger partial charge >= 0.3 is 5.97 Å². The highest BCUT2D eigenvalue weighted by molar-refractivity contribution is 7.12. The normalized spacial score (nSPS) is 12.8. The standard InChI is InChI=1S/C14H21NO5S/c1-5-19-12(16)8-10(9-15(17)18)11-6-7-21-13(11)20-14(2,3)4/h6-7,10H,5,8-9H2,1-4H3. The lowest BCUT2D eigenvalue weighted by Gasteiger charge is -2.22. The molecule has 0 aromatic carbocycles. The molecule has 1 unspecified atom stereocenters. The van der Waals surface area contributed by atoms with Gasteiger partial charge in [-0.1, -0.05) is 0 Å². The molecule has 7 heteroatoms. The van der Waals surface area contributed by atoms with Crippen molar-refractivity contribution in [2.45, 2.75) is 45.6 Å². The predicted octanol–water partition coefficient (Wildman–Crippen LogP) is 3.24. The molecule has 0 aliphatic heterocycles. The van der Waals surface area contributed by atoms with Crippen molar-refractivity contribution >= 4 is 17.3 Å². The summed E-state index contributed by atoms with van der Waals surface area (Å²) in [5.74, 6) is -0.972. The molecule has 1 aromatic rings. The minimum atomic E-state index is -0.539. The Morgan fingerprint density at radius 1 is 1.48 bits per heavy atom. The van der Waals surface area contributed by atoms with Gasteiger partial charge in [0, 0.05) is 10.5 Å². The van der Waals surface area contributed by atoms with Gasteiger partial charge < -0.3 is 9.47 Å². The van der Waals surface area contributed by atoms with Crippen molar-refractivity contribution in [3.63, 3.8) is 0 Å². The summed E-state index contributed by atoms with van der Waals surface area (Å²) in [4.78, 5) is 22.1. The van der Waals surface area contributed by atoms with E-state index in [2.05, 4.69) is 0 Å². The molecule has 0 aliphatic carbocycles. The zero-order valence-electron chi connectivity index (χ0n) is 12.8. The molecule has 0 amide bonds. The predicted molar refractivity (Wildman–Crippen MR) is 80.6 cm³/mol. The third-order valence-corrected chi connectivity index (χ3v) is 3.39. The van der Waals surface area contributed by atoms with E-state index in [0.717, 1.165) is 0 Å². The molecule has 0 aliphatic rings.